The maximum absolute atomic E-state index is 13.1. The van der Waals surface area contributed by atoms with Gasteiger partial charge in [-0.15, -0.1) is 0 Å². The molecule has 0 N–H and O–H groups in total. The first-order valence-electron chi connectivity index (χ1n) is 8.81. The summed E-state index contributed by atoms with van der Waals surface area (Å²) in [5, 5.41) is 8.56. The van der Waals surface area contributed by atoms with E-state index in [2.05, 4.69) is 24.9 Å². The van der Waals surface area contributed by atoms with Gasteiger partial charge in [0.25, 0.3) is 0 Å². The molecular weight excluding hydrogens is 326 g/mol. The summed E-state index contributed by atoms with van der Waals surface area (Å²) in [5.41, 5.74) is 2.99. The molecule has 0 radical (unpaired) electrons. The molecule has 26 heavy (non-hydrogen) atoms. The Labute approximate surface area is 154 Å². The quantitative estimate of drug-likeness (QED) is 0.849. The van der Waals surface area contributed by atoms with Crippen LogP contribution >= 0.6 is 0 Å². The van der Waals surface area contributed by atoms with E-state index in [1.165, 1.54) is 0 Å². The van der Waals surface area contributed by atoms with Gasteiger partial charge in [0.15, 0.2) is 6.61 Å². The van der Waals surface area contributed by atoms with E-state index < -0.39 is 0 Å². The van der Waals surface area contributed by atoms with Crippen LogP contribution in [-0.2, 0) is 11.2 Å². The summed E-state index contributed by atoms with van der Waals surface area (Å²) in [4.78, 5) is 17.2. The SMILES string of the molecule is C[C@@H]1CCN(C)c2ccccc2N1C(=O)Cc1ccc(OCC#N)cc1. The Morgan fingerprint density at radius 2 is 1.88 bits per heavy atom. The normalized spacial score (nSPS) is 16.4. The zero-order valence-corrected chi connectivity index (χ0v) is 15.2. The average Bonchev–Trinajstić information content (AvgIpc) is 2.78. The number of ether oxygens (including phenoxy) is 1. The van der Waals surface area contributed by atoms with Crippen molar-refractivity contribution >= 4 is 17.3 Å². The van der Waals surface area contributed by atoms with E-state index >= 15 is 0 Å². The molecule has 0 aromatic heterocycles. The van der Waals surface area contributed by atoms with E-state index in [-0.39, 0.29) is 18.6 Å². The number of carbonyl (C=O) groups excluding carboxylic acids is 1. The second-order valence-electron chi connectivity index (χ2n) is 6.58. The van der Waals surface area contributed by atoms with Gasteiger partial charge in [-0.1, -0.05) is 24.3 Å². The maximum Gasteiger partial charge on any atom is 0.231 e. The van der Waals surface area contributed by atoms with Crippen molar-refractivity contribution in [3.05, 3.63) is 54.1 Å². The number of hydrogen-bond donors (Lipinski definition) is 0. The van der Waals surface area contributed by atoms with Gasteiger partial charge in [-0.05, 0) is 43.2 Å². The molecule has 3 rings (SSSR count). The first-order chi connectivity index (χ1) is 12.6. The molecule has 5 nitrogen and oxygen atoms in total. The van der Waals surface area contributed by atoms with Gasteiger partial charge in [-0.2, -0.15) is 5.26 Å². The van der Waals surface area contributed by atoms with Crippen LogP contribution in [0, 0.1) is 11.3 Å². The molecule has 2 aromatic rings. The van der Waals surface area contributed by atoms with Gasteiger partial charge in [0.05, 0.1) is 17.8 Å². The van der Waals surface area contributed by atoms with Crippen LogP contribution in [0.1, 0.15) is 18.9 Å². The first kappa shape index (κ1) is 17.8. The number of amides is 1. The van der Waals surface area contributed by atoms with Crippen molar-refractivity contribution in [2.45, 2.75) is 25.8 Å². The zero-order chi connectivity index (χ0) is 18.5. The molecule has 1 aliphatic heterocycles. The molecular formula is C21H23N3O2. The van der Waals surface area contributed by atoms with Crippen LogP contribution in [0.2, 0.25) is 0 Å². The number of hydrogen-bond acceptors (Lipinski definition) is 4. The molecule has 0 bridgehead atoms. The fourth-order valence-corrected chi connectivity index (χ4v) is 3.32. The van der Waals surface area contributed by atoms with Crippen molar-refractivity contribution in [3.63, 3.8) is 0 Å². The van der Waals surface area contributed by atoms with E-state index in [4.69, 9.17) is 10.00 Å². The molecule has 1 amide bonds. The highest BCUT2D eigenvalue weighted by Crippen LogP contribution is 2.34. The Balaban J connectivity index is 1.80. The predicted octanol–water partition coefficient (Wildman–Crippen LogP) is 3.39. The first-order valence-corrected chi connectivity index (χ1v) is 8.81. The Morgan fingerprint density at radius 1 is 1.19 bits per heavy atom. The van der Waals surface area contributed by atoms with E-state index in [1.807, 2.05) is 41.3 Å². The Kier molecular flexibility index (Phi) is 5.43. The van der Waals surface area contributed by atoms with Crippen LogP contribution in [0.5, 0.6) is 5.75 Å². The summed E-state index contributed by atoms with van der Waals surface area (Å²) in [7, 11) is 2.07. The van der Waals surface area contributed by atoms with Gasteiger partial charge in [-0.25, -0.2) is 0 Å². The molecule has 134 valence electrons. The van der Waals surface area contributed by atoms with Crippen LogP contribution in [0.4, 0.5) is 11.4 Å². The number of fused-ring (bicyclic) bond motifs is 1. The van der Waals surface area contributed by atoms with Gasteiger partial charge in [0, 0.05) is 19.6 Å². The lowest BCUT2D eigenvalue weighted by Crippen LogP contribution is -2.39. The molecule has 0 saturated carbocycles. The molecule has 1 aliphatic rings. The Hall–Kier alpha value is -3.00. The van der Waals surface area contributed by atoms with Gasteiger partial charge in [0.1, 0.15) is 11.8 Å². The Morgan fingerprint density at radius 3 is 2.58 bits per heavy atom. The smallest absolute Gasteiger partial charge is 0.231 e. The number of rotatable bonds is 4. The summed E-state index contributed by atoms with van der Waals surface area (Å²) in [6.45, 7) is 3.05. The number of nitrogens with zero attached hydrogens (tertiary/aromatic N) is 3. The summed E-state index contributed by atoms with van der Waals surface area (Å²) >= 11 is 0. The van der Waals surface area contributed by atoms with Crippen molar-refractivity contribution in [1.82, 2.24) is 0 Å². The van der Waals surface area contributed by atoms with Gasteiger partial charge < -0.3 is 14.5 Å². The van der Waals surface area contributed by atoms with E-state index in [1.54, 1.807) is 12.1 Å². The highest BCUT2D eigenvalue weighted by Gasteiger charge is 2.28. The molecule has 0 aliphatic carbocycles. The summed E-state index contributed by atoms with van der Waals surface area (Å²) in [5.74, 6) is 0.726. The van der Waals surface area contributed by atoms with Gasteiger partial charge >= 0.3 is 0 Å². The number of anilines is 2. The maximum atomic E-state index is 13.1. The highest BCUT2D eigenvalue weighted by atomic mass is 16.5. The van der Waals surface area contributed by atoms with Crippen molar-refractivity contribution in [2.75, 3.05) is 30.0 Å². The summed E-state index contributed by atoms with van der Waals surface area (Å²) in [6.07, 6.45) is 1.26. The van der Waals surface area contributed by atoms with Crippen LogP contribution < -0.4 is 14.5 Å². The number of nitriles is 1. The van der Waals surface area contributed by atoms with Crippen LogP contribution in [0.15, 0.2) is 48.5 Å². The average molecular weight is 349 g/mol. The molecule has 1 heterocycles. The van der Waals surface area contributed by atoms with E-state index in [0.29, 0.717) is 12.2 Å². The van der Waals surface area contributed by atoms with Crippen molar-refractivity contribution < 1.29 is 9.53 Å². The fourth-order valence-electron chi connectivity index (χ4n) is 3.32. The molecule has 0 spiro atoms. The Bertz CT molecular complexity index is 811. The monoisotopic (exact) mass is 349 g/mol. The molecule has 0 saturated heterocycles. The minimum Gasteiger partial charge on any atom is -0.479 e. The van der Waals surface area contributed by atoms with Crippen LogP contribution in [0.3, 0.4) is 0 Å². The van der Waals surface area contributed by atoms with E-state index in [9.17, 15) is 4.79 Å². The van der Waals surface area contributed by atoms with Crippen molar-refractivity contribution in [1.29, 1.82) is 5.26 Å². The standard InChI is InChI=1S/C21H23N3O2/c1-16-11-13-23(2)19-5-3-4-6-20(19)24(16)21(25)15-17-7-9-18(10-8-17)26-14-12-22/h3-10,16H,11,13-15H2,1-2H3/t16-/m1/s1. The van der Waals surface area contributed by atoms with Crippen molar-refractivity contribution in [2.24, 2.45) is 0 Å². The zero-order valence-electron chi connectivity index (χ0n) is 15.2. The molecule has 5 heteroatoms. The minimum absolute atomic E-state index is 0.0217. The summed E-state index contributed by atoms with van der Waals surface area (Å²) in [6, 6.07) is 17.5. The lowest BCUT2D eigenvalue weighted by Gasteiger charge is -2.28. The van der Waals surface area contributed by atoms with Gasteiger partial charge in [0.2, 0.25) is 5.91 Å². The van der Waals surface area contributed by atoms with Crippen LogP contribution in [-0.4, -0.2) is 32.1 Å². The molecule has 1 atom stereocenters. The molecule has 0 fully saturated rings. The second kappa shape index (κ2) is 7.92. The number of benzene rings is 2. The lowest BCUT2D eigenvalue weighted by atomic mass is 10.1. The van der Waals surface area contributed by atoms with Crippen molar-refractivity contribution in [3.8, 4) is 11.8 Å². The molecule has 0 unspecified atom stereocenters. The molecule has 2 aromatic carbocycles. The number of carbonyl (C=O) groups is 1. The third kappa shape index (κ3) is 3.80. The topological polar surface area (TPSA) is 56.6 Å². The minimum atomic E-state index is 0.0217. The lowest BCUT2D eigenvalue weighted by molar-refractivity contribution is -0.118. The third-order valence-electron chi connectivity index (χ3n) is 4.73. The second-order valence-corrected chi connectivity index (χ2v) is 6.58. The highest BCUT2D eigenvalue weighted by molar-refractivity contribution is 5.98. The largest absolute Gasteiger partial charge is 0.479 e. The number of para-hydroxylation sites is 2. The van der Waals surface area contributed by atoms with Crippen LogP contribution in [0.25, 0.3) is 0 Å². The van der Waals surface area contributed by atoms with Gasteiger partial charge in [-0.3, -0.25) is 4.79 Å². The fraction of sp³-hybridized carbons (Fsp3) is 0.333. The third-order valence-corrected chi connectivity index (χ3v) is 4.73. The van der Waals surface area contributed by atoms with E-state index in [0.717, 1.165) is 29.9 Å². The summed E-state index contributed by atoms with van der Waals surface area (Å²) < 4.78 is 5.26. The predicted molar refractivity (Wildman–Crippen MR) is 103 cm³/mol.